The van der Waals surface area contributed by atoms with Gasteiger partial charge in [-0.1, -0.05) is 35.0 Å². The number of aliphatic carboxylic acids is 1. The second kappa shape index (κ2) is 8.20. The van der Waals surface area contributed by atoms with Gasteiger partial charge in [-0.2, -0.15) is 0 Å². The number of carbonyl (C=O) groups excluding carboxylic acids is 2. The largest absolute Gasteiger partial charge is 1.00 e. The Labute approximate surface area is 205 Å². The summed E-state index contributed by atoms with van der Waals surface area (Å²) in [5.74, 6) is -1.70. The Hall–Kier alpha value is -1.52. The topological polar surface area (TPSA) is 113 Å². The molecule has 11 heteroatoms. The van der Waals surface area contributed by atoms with Crippen molar-refractivity contribution in [1.29, 1.82) is 0 Å². The van der Waals surface area contributed by atoms with E-state index in [1.54, 1.807) is 45.0 Å². The molecular weight excluding hydrogens is 441 g/mol. The van der Waals surface area contributed by atoms with Crippen LogP contribution in [0.4, 0.5) is 0 Å². The Morgan fingerprint density at radius 2 is 2.03 bits per heavy atom. The molecule has 3 atom stereocenters. The number of carbonyl (C=O) groups is 3. The van der Waals surface area contributed by atoms with E-state index in [1.165, 1.54) is 16.7 Å². The molecule has 1 aromatic heterocycles. The Morgan fingerprint density at radius 3 is 2.67 bits per heavy atom. The monoisotopic (exact) mass is 459 g/mol. The zero-order chi connectivity index (χ0) is 21.1. The molecule has 2 aliphatic heterocycles. The SMILES string of the molecule is Cc1onc(-c2ccccc2Cl)c1C(=O)N[C@@H]1C(=O)N2[C@@H]1SC(C)(C)[C@@H]2C(=O)O.[H-].[Na+]. The Balaban J connectivity index is 0.00000171. The van der Waals surface area contributed by atoms with Crippen LogP contribution in [0, 0.1) is 6.92 Å². The van der Waals surface area contributed by atoms with Gasteiger partial charge in [0.15, 0.2) is 0 Å². The molecule has 2 aromatic rings. The summed E-state index contributed by atoms with van der Waals surface area (Å²) in [6.45, 7) is 5.16. The zero-order valence-electron chi connectivity index (χ0n) is 17.8. The van der Waals surface area contributed by atoms with Gasteiger partial charge in [0.25, 0.3) is 5.91 Å². The van der Waals surface area contributed by atoms with Gasteiger partial charge in [0.1, 0.15) is 34.5 Å². The van der Waals surface area contributed by atoms with Crippen LogP contribution in [0.2, 0.25) is 5.02 Å². The minimum absolute atomic E-state index is 0. The summed E-state index contributed by atoms with van der Waals surface area (Å²) < 4.78 is 4.54. The fourth-order valence-electron chi connectivity index (χ4n) is 3.84. The van der Waals surface area contributed by atoms with Crippen molar-refractivity contribution in [2.45, 2.75) is 43.0 Å². The summed E-state index contributed by atoms with van der Waals surface area (Å²) in [6, 6.07) is 5.18. The van der Waals surface area contributed by atoms with Crippen LogP contribution >= 0.6 is 23.4 Å². The van der Waals surface area contributed by atoms with Crippen molar-refractivity contribution >= 4 is 41.1 Å². The summed E-state index contributed by atoms with van der Waals surface area (Å²) in [4.78, 5) is 38.6. The summed E-state index contributed by atoms with van der Waals surface area (Å²) in [5, 5.41) is 16.2. The van der Waals surface area contributed by atoms with E-state index in [0.717, 1.165) is 0 Å². The average Bonchev–Trinajstić information content (AvgIpc) is 3.15. The fourth-order valence-corrected chi connectivity index (χ4v) is 5.69. The summed E-state index contributed by atoms with van der Waals surface area (Å²) in [7, 11) is 0. The predicted octanol–water partition coefficient (Wildman–Crippen LogP) is -0.335. The number of aromatic nitrogens is 1. The molecule has 4 rings (SSSR count). The minimum atomic E-state index is -1.06. The van der Waals surface area contributed by atoms with Crippen LogP contribution in [-0.2, 0) is 9.59 Å². The number of carboxylic acids is 1. The molecule has 0 unspecified atom stereocenters. The van der Waals surface area contributed by atoms with E-state index in [4.69, 9.17) is 16.1 Å². The maximum Gasteiger partial charge on any atom is 1.00 e. The minimum Gasteiger partial charge on any atom is -1.00 e. The third kappa shape index (κ3) is 3.56. The second-order valence-electron chi connectivity index (χ2n) is 7.49. The number of nitrogens with one attached hydrogen (secondary N) is 1. The fraction of sp³-hybridized carbons (Fsp3) is 0.368. The molecule has 8 nitrogen and oxygen atoms in total. The van der Waals surface area contributed by atoms with Crippen LogP contribution in [0.5, 0.6) is 0 Å². The molecular formula is C19H19ClN3NaO5S. The Bertz CT molecular complexity index is 1050. The molecule has 0 spiro atoms. The Kier molecular flexibility index (Phi) is 6.33. The van der Waals surface area contributed by atoms with E-state index in [0.29, 0.717) is 16.3 Å². The maximum atomic E-state index is 13.0. The molecule has 2 saturated heterocycles. The first-order valence-electron chi connectivity index (χ1n) is 8.88. The quantitative estimate of drug-likeness (QED) is 0.475. The van der Waals surface area contributed by atoms with Gasteiger partial charge in [-0.15, -0.1) is 11.8 Å². The number of hydrogen-bond acceptors (Lipinski definition) is 6. The Morgan fingerprint density at radius 1 is 1.37 bits per heavy atom. The maximum absolute atomic E-state index is 13.0. The molecule has 0 aliphatic carbocycles. The first kappa shape index (κ1) is 23.1. The number of fused-ring (bicyclic) bond motifs is 1. The number of amides is 2. The molecule has 0 bridgehead atoms. The van der Waals surface area contributed by atoms with Crippen LogP contribution in [0.3, 0.4) is 0 Å². The van der Waals surface area contributed by atoms with Crippen LogP contribution in [0.15, 0.2) is 28.8 Å². The number of rotatable bonds is 4. The van der Waals surface area contributed by atoms with E-state index in [-0.39, 0.29) is 42.2 Å². The normalized spacial score (nSPS) is 23.9. The van der Waals surface area contributed by atoms with E-state index in [9.17, 15) is 19.5 Å². The first-order chi connectivity index (χ1) is 13.6. The predicted molar refractivity (Wildman–Crippen MR) is 108 cm³/mol. The number of β-lactam (4-membered cyclic amide) rings is 1. The van der Waals surface area contributed by atoms with Gasteiger partial charge < -0.3 is 21.3 Å². The molecule has 2 N–H and O–H groups in total. The van der Waals surface area contributed by atoms with Crippen molar-refractivity contribution in [1.82, 2.24) is 15.4 Å². The number of thioether (sulfide) groups is 1. The van der Waals surface area contributed by atoms with Crippen LogP contribution < -0.4 is 34.9 Å². The molecule has 0 saturated carbocycles. The van der Waals surface area contributed by atoms with Crippen molar-refractivity contribution in [2.24, 2.45) is 0 Å². The van der Waals surface area contributed by atoms with Crippen LogP contribution in [-0.4, -0.2) is 55.2 Å². The van der Waals surface area contributed by atoms with Gasteiger partial charge >= 0.3 is 35.5 Å². The molecule has 2 amide bonds. The second-order valence-corrected chi connectivity index (χ2v) is 9.67. The first-order valence-corrected chi connectivity index (χ1v) is 10.1. The average molecular weight is 460 g/mol. The summed E-state index contributed by atoms with van der Waals surface area (Å²) in [5.41, 5.74) is 1.03. The standard InChI is InChI=1S/C19H18ClN3O5S.Na.H/c1-8-11(12(22-28-8)9-6-4-5-7-10(9)20)15(24)21-13-16(25)23-14(18(26)27)19(2,3)29-17(13)23;;/h4-7,13-14,17H,1-3H3,(H,21,24)(H,26,27);;/q;+1;-1/t13-,14+,17-;;/m1../s1. The van der Waals surface area contributed by atoms with Gasteiger partial charge in [-0.25, -0.2) is 4.79 Å². The van der Waals surface area contributed by atoms with Gasteiger partial charge in [0, 0.05) is 10.3 Å². The van der Waals surface area contributed by atoms with E-state index in [1.807, 2.05) is 0 Å². The number of hydrogen-bond donors (Lipinski definition) is 2. The van der Waals surface area contributed by atoms with Crippen molar-refractivity contribution in [3.05, 3.63) is 40.6 Å². The molecule has 1 aromatic carbocycles. The van der Waals surface area contributed by atoms with E-state index in [2.05, 4.69) is 10.5 Å². The van der Waals surface area contributed by atoms with Gasteiger partial charge in [-0.05, 0) is 26.8 Å². The number of benzene rings is 1. The molecule has 0 radical (unpaired) electrons. The third-order valence-electron chi connectivity index (χ3n) is 5.18. The summed E-state index contributed by atoms with van der Waals surface area (Å²) in [6.07, 6.45) is 0. The zero-order valence-corrected chi connectivity index (χ0v) is 20.4. The summed E-state index contributed by atoms with van der Waals surface area (Å²) >= 11 is 7.59. The van der Waals surface area contributed by atoms with Gasteiger partial charge in [-0.3, -0.25) is 9.59 Å². The van der Waals surface area contributed by atoms with Crippen LogP contribution in [0.1, 0.15) is 31.4 Å². The van der Waals surface area contributed by atoms with E-state index >= 15 is 0 Å². The molecule has 154 valence electrons. The van der Waals surface area contributed by atoms with E-state index < -0.39 is 40.0 Å². The van der Waals surface area contributed by atoms with Crippen LogP contribution in [0.25, 0.3) is 11.3 Å². The van der Waals surface area contributed by atoms with Crippen molar-refractivity contribution in [3.8, 4) is 11.3 Å². The van der Waals surface area contributed by atoms with Crippen molar-refractivity contribution in [2.75, 3.05) is 0 Å². The van der Waals surface area contributed by atoms with Gasteiger partial charge in [0.05, 0.1) is 5.02 Å². The third-order valence-corrected chi connectivity index (χ3v) is 7.08. The molecule has 30 heavy (non-hydrogen) atoms. The van der Waals surface area contributed by atoms with Crippen molar-refractivity contribution in [3.63, 3.8) is 0 Å². The molecule has 2 aliphatic rings. The number of nitrogens with zero attached hydrogens (tertiary/aromatic N) is 2. The number of carboxylic acid groups (broad SMARTS) is 1. The van der Waals surface area contributed by atoms with Gasteiger partial charge in [0.2, 0.25) is 5.91 Å². The number of halogens is 1. The molecule has 2 fully saturated rings. The van der Waals surface area contributed by atoms with Crippen molar-refractivity contribution < 1.29 is 55.0 Å². The smallest absolute Gasteiger partial charge is 1.00 e. The molecule has 3 heterocycles. The number of aryl methyl sites for hydroxylation is 1.